The summed E-state index contributed by atoms with van der Waals surface area (Å²) in [5.74, 6) is 0. The third-order valence-corrected chi connectivity index (χ3v) is 1.28. The average molecular weight is 129 g/mol. The summed E-state index contributed by atoms with van der Waals surface area (Å²) < 4.78 is 0. The molecule has 2 nitrogen and oxygen atoms in total. The quantitative estimate of drug-likeness (QED) is 0.559. The Bertz CT molecular complexity index is 111. The van der Waals surface area contributed by atoms with E-state index >= 15 is 0 Å². The fourth-order valence-electron chi connectivity index (χ4n) is 0.431. The molecule has 9 heavy (non-hydrogen) atoms. The number of aliphatic hydroxyl groups is 1. The minimum absolute atomic E-state index is 0.740. The molecule has 0 bridgehead atoms. The van der Waals surface area contributed by atoms with Gasteiger partial charge in [0, 0.05) is 12.3 Å². The summed E-state index contributed by atoms with van der Waals surface area (Å²) in [5.41, 5.74) is 0.0562. The molecule has 0 radical (unpaired) electrons. The summed E-state index contributed by atoms with van der Waals surface area (Å²) in [6.07, 6.45) is 0. The molecule has 0 saturated carbocycles. The second kappa shape index (κ2) is 2.97. The molecule has 0 aromatic heterocycles. The molecule has 1 N–H and O–H groups in total. The lowest BCUT2D eigenvalue weighted by Gasteiger charge is -2.16. The lowest BCUT2D eigenvalue weighted by atomic mass is 10.1. The first kappa shape index (κ1) is 8.63. The Balaban J connectivity index is 4.03. The number of nitrogens with zero attached hydrogens (tertiary/aromatic N) is 1. The lowest BCUT2D eigenvalue weighted by molar-refractivity contribution is 0.153. The minimum atomic E-state index is -0.740. The van der Waals surface area contributed by atoms with Gasteiger partial charge in [0.05, 0.1) is 5.60 Å². The van der Waals surface area contributed by atoms with E-state index in [1.807, 2.05) is 13.8 Å². The number of hydrogen-bond donors (Lipinski definition) is 1. The van der Waals surface area contributed by atoms with Crippen molar-refractivity contribution in [2.45, 2.75) is 33.3 Å². The highest BCUT2D eigenvalue weighted by Crippen LogP contribution is 2.03. The predicted molar refractivity (Wildman–Crippen MR) is 39.9 cm³/mol. The zero-order valence-corrected chi connectivity index (χ0v) is 6.60. The Morgan fingerprint density at radius 2 is 2.00 bits per heavy atom. The largest absolute Gasteiger partial charge is 0.385 e. The normalized spacial score (nSPS) is 14.1. The first-order valence-electron chi connectivity index (χ1n) is 3.22. The summed E-state index contributed by atoms with van der Waals surface area (Å²) in [7, 11) is 0. The Kier molecular flexibility index (Phi) is 2.85. The van der Waals surface area contributed by atoms with Gasteiger partial charge in [-0.2, -0.15) is 0 Å². The molecule has 0 aromatic rings. The van der Waals surface area contributed by atoms with Crippen LogP contribution in [-0.2, 0) is 0 Å². The van der Waals surface area contributed by atoms with Gasteiger partial charge in [-0.1, -0.05) is 0 Å². The first-order valence-corrected chi connectivity index (χ1v) is 3.22. The molecule has 0 aliphatic heterocycles. The van der Waals surface area contributed by atoms with E-state index in [1.54, 1.807) is 13.8 Å². The van der Waals surface area contributed by atoms with Crippen LogP contribution >= 0.6 is 0 Å². The monoisotopic (exact) mass is 129 g/mol. The van der Waals surface area contributed by atoms with Crippen molar-refractivity contribution in [3.05, 3.63) is 0 Å². The third-order valence-electron chi connectivity index (χ3n) is 1.28. The van der Waals surface area contributed by atoms with Crippen LogP contribution in [0.1, 0.15) is 27.7 Å². The van der Waals surface area contributed by atoms with Crippen molar-refractivity contribution in [1.29, 1.82) is 0 Å². The van der Waals surface area contributed by atoms with Gasteiger partial charge in [0.1, 0.15) is 0 Å². The Labute approximate surface area is 56.6 Å². The van der Waals surface area contributed by atoms with E-state index < -0.39 is 5.60 Å². The topological polar surface area (TPSA) is 32.6 Å². The van der Waals surface area contributed by atoms with E-state index in [-0.39, 0.29) is 0 Å². The van der Waals surface area contributed by atoms with Crippen molar-refractivity contribution < 1.29 is 5.11 Å². The zero-order chi connectivity index (χ0) is 7.49. The highest BCUT2D eigenvalue weighted by atomic mass is 16.3. The standard InChI is InChI=1S/C7H15NO/c1-5-8-6(2)7(3,4)9/h9H,5H2,1-4H3. The SMILES string of the molecule is CCN=C(C)C(C)(C)O. The molecule has 0 unspecified atom stereocenters. The molecule has 0 heterocycles. The number of rotatable bonds is 2. The van der Waals surface area contributed by atoms with Crippen molar-refractivity contribution in [3.8, 4) is 0 Å². The van der Waals surface area contributed by atoms with Crippen LogP contribution in [0.15, 0.2) is 4.99 Å². The van der Waals surface area contributed by atoms with Gasteiger partial charge in [0.2, 0.25) is 0 Å². The van der Waals surface area contributed by atoms with Gasteiger partial charge < -0.3 is 5.11 Å². The van der Waals surface area contributed by atoms with Gasteiger partial charge in [-0.05, 0) is 27.7 Å². The van der Waals surface area contributed by atoms with Crippen molar-refractivity contribution in [2.24, 2.45) is 4.99 Å². The van der Waals surface area contributed by atoms with E-state index in [0.717, 1.165) is 12.3 Å². The Morgan fingerprint density at radius 3 is 2.11 bits per heavy atom. The van der Waals surface area contributed by atoms with Crippen molar-refractivity contribution in [3.63, 3.8) is 0 Å². The van der Waals surface area contributed by atoms with Crippen LogP contribution in [0.2, 0.25) is 0 Å². The third kappa shape index (κ3) is 3.25. The fourth-order valence-corrected chi connectivity index (χ4v) is 0.431. The smallest absolute Gasteiger partial charge is 0.0963 e. The van der Waals surface area contributed by atoms with Gasteiger partial charge in [-0.15, -0.1) is 0 Å². The second-order valence-corrected chi connectivity index (χ2v) is 2.62. The van der Waals surface area contributed by atoms with E-state index in [4.69, 9.17) is 0 Å². The van der Waals surface area contributed by atoms with E-state index in [2.05, 4.69) is 4.99 Å². The van der Waals surface area contributed by atoms with Crippen LogP contribution in [-0.4, -0.2) is 23.0 Å². The maximum absolute atomic E-state index is 9.29. The van der Waals surface area contributed by atoms with E-state index in [9.17, 15) is 5.11 Å². The molecule has 0 atom stereocenters. The molecular weight excluding hydrogens is 114 g/mol. The van der Waals surface area contributed by atoms with Crippen molar-refractivity contribution in [1.82, 2.24) is 0 Å². The number of aliphatic imine (C=N–C) groups is 1. The van der Waals surface area contributed by atoms with E-state index in [1.165, 1.54) is 0 Å². The second-order valence-electron chi connectivity index (χ2n) is 2.62. The van der Waals surface area contributed by atoms with Crippen LogP contribution in [0, 0.1) is 0 Å². The maximum Gasteiger partial charge on any atom is 0.0963 e. The summed E-state index contributed by atoms with van der Waals surface area (Å²) in [6, 6.07) is 0. The molecule has 54 valence electrons. The molecule has 0 rings (SSSR count). The molecule has 0 fully saturated rings. The average Bonchev–Trinajstić information content (AvgIpc) is 1.64. The Morgan fingerprint density at radius 1 is 1.56 bits per heavy atom. The molecule has 0 aliphatic rings. The van der Waals surface area contributed by atoms with Crippen LogP contribution < -0.4 is 0 Å². The molecular formula is C7H15NO. The highest BCUT2D eigenvalue weighted by Gasteiger charge is 2.15. The van der Waals surface area contributed by atoms with Crippen LogP contribution in [0.25, 0.3) is 0 Å². The maximum atomic E-state index is 9.29. The van der Waals surface area contributed by atoms with Gasteiger partial charge >= 0.3 is 0 Å². The van der Waals surface area contributed by atoms with Crippen LogP contribution in [0.3, 0.4) is 0 Å². The lowest BCUT2D eigenvalue weighted by Crippen LogP contribution is -2.28. The van der Waals surface area contributed by atoms with Gasteiger partial charge in [0.15, 0.2) is 0 Å². The zero-order valence-electron chi connectivity index (χ0n) is 6.60. The molecule has 0 aromatic carbocycles. The van der Waals surface area contributed by atoms with Crippen LogP contribution in [0.4, 0.5) is 0 Å². The van der Waals surface area contributed by atoms with E-state index in [0.29, 0.717) is 0 Å². The minimum Gasteiger partial charge on any atom is -0.385 e. The van der Waals surface area contributed by atoms with Gasteiger partial charge in [-0.25, -0.2) is 0 Å². The van der Waals surface area contributed by atoms with Crippen molar-refractivity contribution in [2.75, 3.05) is 6.54 Å². The summed E-state index contributed by atoms with van der Waals surface area (Å²) in [5, 5.41) is 9.29. The highest BCUT2D eigenvalue weighted by molar-refractivity contribution is 5.89. The van der Waals surface area contributed by atoms with Gasteiger partial charge in [0.25, 0.3) is 0 Å². The number of hydrogen-bond acceptors (Lipinski definition) is 2. The summed E-state index contributed by atoms with van der Waals surface area (Å²) >= 11 is 0. The molecule has 0 spiro atoms. The molecule has 0 aliphatic carbocycles. The molecule has 2 heteroatoms. The van der Waals surface area contributed by atoms with Crippen LogP contribution in [0.5, 0.6) is 0 Å². The fraction of sp³-hybridized carbons (Fsp3) is 0.857. The summed E-state index contributed by atoms with van der Waals surface area (Å²) in [6.45, 7) is 8.01. The van der Waals surface area contributed by atoms with Gasteiger partial charge in [-0.3, -0.25) is 4.99 Å². The van der Waals surface area contributed by atoms with Crippen molar-refractivity contribution >= 4 is 5.71 Å². The predicted octanol–water partition coefficient (Wildman–Crippen LogP) is 1.24. The molecule has 0 saturated heterocycles. The summed E-state index contributed by atoms with van der Waals surface area (Å²) in [4.78, 5) is 4.06. The first-order chi connectivity index (χ1) is 3.98. The Hall–Kier alpha value is -0.370. The molecule has 0 amide bonds.